The minimum atomic E-state index is -0.195. The monoisotopic (exact) mass is 324 g/mol. The molecule has 1 aliphatic rings. The molecule has 122 valence electrons. The van der Waals surface area contributed by atoms with Crippen LogP contribution in [0.4, 0.5) is 5.82 Å². The molecule has 0 spiro atoms. The Morgan fingerprint density at radius 2 is 2.12 bits per heavy atom. The number of hydrogen-bond acceptors (Lipinski definition) is 7. The van der Waals surface area contributed by atoms with Gasteiger partial charge < -0.3 is 10.1 Å². The summed E-state index contributed by atoms with van der Waals surface area (Å²) in [6.45, 7) is 2.76. The van der Waals surface area contributed by atoms with Gasteiger partial charge in [-0.05, 0) is 25.1 Å². The average Bonchev–Trinajstić information content (AvgIpc) is 3.05. The smallest absolute Gasteiger partial charge is 0.267 e. The van der Waals surface area contributed by atoms with Crippen molar-refractivity contribution in [2.24, 2.45) is 0 Å². The van der Waals surface area contributed by atoms with E-state index in [-0.39, 0.29) is 17.6 Å². The number of aryl methyl sites for hydroxylation is 1. The standard InChI is InChI=1S/C16H16N6O2/c1-10-4-5-14(23)22(21-10)13-8-24-7-12(13)20-16-11-3-2-6-17-15(11)18-9-19-16/h2-6,9,12-13H,7-8H2,1H3,(H,17,18,19,20). The lowest BCUT2D eigenvalue weighted by Crippen LogP contribution is -2.37. The minimum Gasteiger partial charge on any atom is -0.377 e. The van der Waals surface area contributed by atoms with Crippen LogP contribution in [0.2, 0.25) is 0 Å². The van der Waals surface area contributed by atoms with E-state index < -0.39 is 0 Å². The fourth-order valence-electron chi connectivity index (χ4n) is 2.87. The molecule has 1 aliphatic heterocycles. The quantitative estimate of drug-likeness (QED) is 0.766. The summed E-state index contributed by atoms with van der Waals surface area (Å²) in [5.74, 6) is 0.675. The summed E-state index contributed by atoms with van der Waals surface area (Å²) in [5.41, 5.74) is 1.27. The van der Waals surface area contributed by atoms with Gasteiger partial charge in [-0.3, -0.25) is 4.79 Å². The number of nitrogens with one attached hydrogen (secondary N) is 1. The van der Waals surface area contributed by atoms with Crippen molar-refractivity contribution in [1.82, 2.24) is 24.7 Å². The second-order valence-electron chi connectivity index (χ2n) is 5.71. The molecule has 0 amide bonds. The third-order valence-corrected chi connectivity index (χ3v) is 4.05. The van der Waals surface area contributed by atoms with Crippen LogP contribution in [-0.2, 0) is 4.74 Å². The molecule has 4 rings (SSSR count). The molecule has 4 heterocycles. The van der Waals surface area contributed by atoms with Gasteiger partial charge in [0.1, 0.15) is 18.2 Å². The zero-order valence-corrected chi connectivity index (χ0v) is 13.1. The van der Waals surface area contributed by atoms with E-state index in [9.17, 15) is 4.79 Å². The maximum atomic E-state index is 12.2. The Morgan fingerprint density at radius 3 is 3.04 bits per heavy atom. The molecule has 2 atom stereocenters. The summed E-state index contributed by atoms with van der Waals surface area (Å²) in [4.78, 5) is 24.9. The molecule has 0 bridgehead atoms. The van der Waals surface area contributed by atoms with Crippen molar-refractivity contribution in [1.29, 1.82) is 0 Å². The van der Waals surface area contributed by atoms with Gasteiger partial charge in [0.2, 0.25) is 0 Å². The van der Waals surface area contributed by atoms with Crippen LogP contribution in [0.15, 0.2) is 41.6 Å². The van der Waals surface area contributed by atoms with Crippen molar-refractivity contribution in [3.63, 3.8) is 0 Å². The Kier molecular flexibility index (Phi) is 3.66. The lowest BCUT2D eigenvalue weighted by molar-refractivity contribution is 0.182. The van der Waals surface area contributed by atoms with Crippen LogP contribution < -0.4 is 10.9 Å². The number of aromatic nitrogens is 5. The number of nitrogens with zero attached hydrogens (tertiary/aromatic N) is 5. The van der Waals surface area contributed by atoms with E-state index in [1.165, 1.54) is 17.1 Å². The first-order valence-corrected chi connectivity index (χ1v) is 7.69. The van der Waals surface area contributed by atoms with Crippen LogP contribution in [0.5, 0.6) is 0 Å². The summed E-state index contributed by atoms with van der Waals surface area (Å²) < 4.78 is 7.07. The van der Waals surface area contributed by atoms with E-state index in [0.29, 0.717) is 24.7 Å². The van der Waals surface area contributed by atoms with Crippen LogP contribution in [-0.4, -0.2) is 44.0 Å². The highest BCUT2D eigenvalue weighted by Gasteiger charge is 2.32. The molecule has 3 aromatic rings. The Labute approximate surface area is 137 Å². The van der Waals surface area contributed by atoms with Crippen LogP contribution in [0, 0.1) is 6.92 Å². The zero-order valence-electron chi connectivity index (χ0n) is 13.1. The van der Waals surface area contributed by atoms with Crippen molar-refractivity contribution in [2.75, 3.05) is 18.5 Å². The van der Waals surface area contributed by atoms with E-state index in [4.69, 9.17) is 4.74 Å². The van der Waals surface area contributed by atoms with Crippen molar-refractivity contribution in [3.8, 4) is 0 Å². The number of fused-ring (bicyclic) bond motifs is 1. The lowest BCUT2D eigenvalue weighted by Gasteiger charge is -2.21. The van der Waals surface area contributed by atoms with Crippen molar-refractivity contribution in [3.05, 3.63) is 52.8 Å². The highest BCUT2D eigenvalue weighted by molar-refractivity contribution is 5.85. The number of ether oxygens (including phenoxy) is 1. The van der Waals surface area contributed by atoms with Gasteiger partial charge in [0.05, 0.1) is 30.3 Å². The van der Waals surface area contributed by atoms with Gasteiger partial charge in [-0.1, -0.05) is 0 Å². The Bertz CT molecular complexity index is 936. The van der Waals surface area contributed by atoms with Crippen molar-refractivity contribution in [2.45, 2.75) is 19.0 Å². The predicted molar refractivity (Wildman–Crippen MR) is 87.8 cm³/mol. The normalized spacial score (nSPS) is 20.4. The van der Waals surface area contributed by atoms with E-state index in [1.807, 2.05) is 19.1 Å². The van der Waals surface area contributed by atoms with Gasteiger partial charge in [0.25, 0.3) is 5.56 Å². The highest BCUT2D eigenvalue weighted by atomic mass is 16.5. The molecule has 1 fully saturated rings. The molecule has 0 aromatic carbocycles. The molecular weight excluding hydrogens is 308 g/mol. The average molecular weight is 324 g/mol. The molecule has 2 unspecified atom stereocenters. The first kappa shape index (κ1) is 14.7. The third kappa shape index (κ3) is 2.61. The summed E-state index contributed by atoms with van der Waals surface area (Å²) in [6.07, 6.45) is 3.16. The van der Waals surface area contributed by atoms with Gasteiger partial charge in [-0.25, -0.2) is 19.6 Å². The van der Waals surface area contributed by atoms with E-state index >= 15 is 0 Å². The van der Waals surface area contributed by atoms with E-state index in [2.05, 4.69) is 25.4 Å². The van der Waals surface area contributed by atoms with Crippen LogP contribution in [0.3, 0.4) is 0 Å². The fourth-order valence-corrected chi connectivity index (χ4v) is 2.87. The number of hydrogen-bond donors (Lipinski definition) is 1. The Morgan fingerprint density at radius 1 is 1.21 bits per heavy atom. The zero-order chi connectivity index (χ0) is 16.5. The molecule has 0 aliphatic carbocycles. The number of pyridine rings is 1. The van der Waals surface area contributed by atoms with Gasteiger partial charge >= 0.3 is 0 Å². The van der Waals surface area contributed by atoms with Crippen molar-refractivity contribution < 1.29 is 4.74 Å². The molecule has 8 heteroatoms. The van der Waals surface area contributed by atoms with E-state index in [0.717, 1.165) is 11.1 Å². The molecule has 0 saturated carbocycles. The molecule has 3 aromatic heterocycles. The SMILES string of the molecule is Cc1ccc(=O)n(C2COCC2Nc2ncnc3ncccc23)n1. The lowest BCUT2D eigenvalue weighted by atomic mass is 10.1. The number of anilines is 1. The third-order valence-electron chi connectivity index (χ3n) is 4.05. The summed E-state index contributed by atoms with van der Waals surface area (Å²) in [6, 6.07) is 6.68. The summed E-state index contributed by atoms with van der Waals surface area (Å²) >= 11 is 0. The highest BCUT2D eigenvalue weighted by Crippen LogP contribution is 2.24. The van der Waals surface area contributed by atoms with Crippen LogP contribution in [0.25, 0.3) is 11.0 Å². The molecule has 1 N–H and O–H groups in total. The second-order valence-corrected chi connectivity index (χ2v) is 5.71. The maximum Gasteiger partial charge on any atom is 0.267 e. The predicted octanol–water partition coefficient (Wildman–Crippen LogP) is 0.942. The topological polar surface area (TPSA) is 94.8 Å². The first-order valence-electron chi connectivity index (χ1n) is 7.69. The Balaban J connectivity index is 1.68. The summed E-state index contributed by atoms with van der Waals surface area (Å²) in [5, 5.41) is 8.54. The van der Waals surface area contributed by atoms with Crippen LogP contribution >= 0.6 is 0 Å². The molecular formula is C16H16N6O2. The maximum absolute atomic E-state index is 12.2. The summed E-state index contributed by atoms with van der Waals surface area (Å²) in [7, 11) is 0. The Hall–Kier alpha value is -2.87. The van der Waals surface area contributed by atoms with Gasteiger partial charge in [-0.2, -0.15) is 5.10 Å². The molecule has 1 saturated heterocycles. The van der Waals surface area contributed by atoms with Gasteiger partial charge in [0.15, 0.2) is 5.65 Å². The molecule has 8 nitrogen and oxygen atoms in total. The second kappa shape index (κ2) is 5.97. The molecule has 0 radical (unpaired) electrons. The first-order chi connectivity index (χ1) is 11.7. The fraction of sp³-hybridized carbons (Fsp3) is 0.312. The van der Waals surface area contributed by atoms with Gasteiger partial charge in [-0.15, -0.1) is 0 Å². The van der Waals surface area contributed by atoms with E-state index in [1.54, 1.807) is 12.3 Å². The van der Waals surface area contributed by atoms with Gasteiger partial charge in [0, 0.05) is 12.3 Å². The van der Waals surface area contributed by atoms with Crippen molar-refractivity contribution >= 4 is 16.9 Å². The number of rotatable bonds is 3. The molecule has 24 heavy (non-hydrogen) atoms. The van der Waals surface area contributed by atoms with Crippen LogP contribution in [0.1, 0.15) is 11.7 Å². The minimum absolute atomic E-state index is 0.115. The largest absolute Gasteiger partial charge is 0.377 e.